The third-order valence-corrected chi connectivity index (χ3v) is 3.55. The van der Waals surface area contributed by atoms with E-state index in [0.29, 0.717) is 0 Å². The summed E-state index contributed by atoms with van der Waals surface area (Å²) in [4.78, 5) is 4.74. The third-order valence-electron chi connectivity index (χ3n) is 3.55. The molecular formula is C13H16N2. The van der Waals surface area contributed by atoms with Crippen LogP contribution in [0.3, 0.4) is 0 Å². The molecule has 2 aromatic heterocycles. The Kier molecular flexibility index (Phi) is 1.84. The average molecular weight is 200 g/mol. The van der Waals surface area contributed by atoms with Gasteiger partial charge in [-0.3, -0.25) is 4.98 Å². The summed E-state index contributed by atoms with van der Waals surface area (Å²) >= 11 is 0. The van der Waals surface area contributed by atoms with Gasteiger partial charge in [0, 0.05) is 23.8 Å². The first-order valence-corrected chi connectivity index (χ1v) is 5.72. The Morgan fingerprint density at radius 1 is 1.27 bits per heavy atom. The van der Waals surface area contributed by atoms with E-state index < -0.39 is 0 Å². The summed E-state index contributed by atoms with van der Waals surface area (Å²) < 4.78 is 2.37. The lowest BCUT2D eigenvalue weighted by atomic mass is 10.1. The summed E-state index contributed by atoms with van der Waals surface area (Å²) in [6, 6.07) is 2.24. The minimum absolute atomic E-state index is 1.14. The van der Waals surface area contributed by atoms with Crippen molar-refractivity contribution in [2.45, 2.75) is 39.7 Å². The number of hydrogen-bond donors (Lipinski definition) is 0. The van der Waals surface area contributed by atoms with E-state index in [1.165, 1.54) is 40.7 Å². The van der Waals surface area contributed by atoms with Crippen LogP contribution in [0.15, 0.2) is 12.3 Å². The van der Waals surface area contributed by atoms with Crippen molar-refractivity contribution < 1.29 is 0 Å². The van der Waals surface area contributed by atoms with Crippen molar-refractivity contribution in [2.75, 3.05) is 0 Å². The van der Waals surface area contributed by atoms with Crippen LogP contribution in [0.4, 0.5) is 0 Å². The second-order valence-electron chi connectivity index (χ2n) is 4.50. The van der Waals surface area contributed by atoms with Crippen LogP contribution in [0.5, 0.6) is 0 Å². The molecule has 0 amide bonds. The fraction of sp³-hybridized carbons (Fsp3) is 0.462. The molecular weight excluding hydrogens is 184 g/mol. The van der Waals surface area contributed by atoms with Crippen molar-refractivity contribution >= 4 is 10.9 Å². The predicted molar refractivity (Wildman–Crippen MR) is 62.1 cm³/mol. The number of pyridine rings is 1. The molecule has 2 aromatic rings. The van der Waals surface area contributed by atoms with E-state index in [9.17, 15) is 0 Å². The maximum Gasteiger partial charge on any atom is 0.0702 e. The van der Waals surface area contributed by atoms with Crippen molar-refractivity contribution in [1.29, 1.82) is 0 Å². The van der Waals surface area contributed by atoms with Crippen LogP contribution in [0.2, 0.25) is 0 Å². The van der Waals surface area contributed by atoms with Gasteiger partial charge in [0.25, 0.3) is 0 Å². The summed E-state index contributed by atoms with van der Waals surface area (Å²) in [5.74, 6) is 0. The van der Waals surface area contributed by atoms with Crippen LogP contribution in [0.1, 0.15) is 29.8 Å². The van der Waals surface area contributed by atoms with Crippen molar-refractivity contribution in [3.05, 3.63) is 29.2 Å². The Bertz CT molecular complexity index is 523. The molecule has 0 fully saturated rings. The predicted octanol–water partition coefficient (Wildman–Crippen LogP) is 2.99. The van der Waals surface area contributed by atoms with Gasteiger partial charge in [-0.1, -0.05) is 0 Å². The van der Waals surface area contributed by atoms with Gasteiger partial charge in [0.2, 0.25) is 0 Å². The summed E-state index contributed by atoms with van der Waals surface area (Å²) in [6.07, 6.45) is 5.90. The molecule has 3 heterocycles. The molecule has 0 saturated carbocycles. The quantitative estimate of drug-likeness (QED) is 0.639. The van der Waals surface area contributed by atoms with Gasteiger partial charge in [0.15, 0.2) is 0 Å². The Labute approximate surface area is 89.9 Å². The molecule has 0 aromatic carbocycles. The summed E-state index contributed by atoms with van der Waals surface area (Å²) in [5, 5.41) is 1.40. The fourth-order valence-electron chi connectivity index (χ4n) is 2.57. The van der Waals surface area contributed by atoms with Crippen LogP contribution in [-0.2, 0) is 13.0 Å². The molecule has 1 aliphatic rings. The molecule has 0 unspecified atom stereocenters. The number of nitrogens with zero attached hydrogens (tertiary/aromatic N) is 2. The molecule has 2 nitrogen and oxygen atoms in total. The first-order valence-electron chi connectivity index (χ1n) is 5.72. The van der Waals surface area contributed by atoms with Gasteiger partial charge in [0.1, 0.15) is 0 Å². The first-order chi connectivity index (χ1) is 7.27. The highest BCUT2D eigenvalue weighted by molar-refractivity contribution is 5.86. The molecule has 3 rings (SSSR count). The lowest BCUT2D eigenvalue weighted by Crippen LogP contribution is -1.98. The van der Waals surface area contributed by atoms with Gasteiger partial charge in [-0.2, -0.15) is 0 Å². The second-order valence-corrected chi connectivity index (χ2v) is 4.50. The zero-order chi connectivity index (χ0) is 10.4. The highest BCUT2D eigenvalue weighted by atomic mass is 15.0. The molecule has 2 heteroatoms. The smallest absolute Gasteiger partial charge is 0.0702 e. The fourth-order valence-corrected chi connectivity index (χ4v) is 2.57. The van der Waals surface area contributed by atoms with Crippen LogP contribution >= 0.6 is 0 Å². The SMILES string of the molecule is Cc1nc2c3c(ccn3CCCC2)c1C. The number of hydrogen-bond acceptors (Lipinski definition) is 1. The van der Waals surface area contributed by atoms with Crippen molar-refractivity contribution in [1.82, 2.24) is 9.55 Å². The highest BCUT2D eigenvalue weighted by Crippen LogP contribution is 2.27. The monoisotopic (exact) mass is 200 g/mol. The summed E-state index contributed by atoms with van der Waals surface area (Å²) in [5.41, 5.74) is 5.22. The topological polar surface area (TPSA) is 17.8 Å². The Balaban J connectivity index is 2.43. The van der Waals surface area contributed by atoms with Gasteiger partial charge >= 0.3 is 0 Å². The number of aromatic nitrogens is 2. The van der Waals surface area contributed by atoms with Gasteiger partial charge in [0.05, 0.1) is 11.2 Å². The molecule has 0 N–H and O–H groups in total. The molecule has 0 radical (unpaired) electrons. The summed E-state index contributed by atoms with van der Waals surface area (Å²) in [6.45, 7) is 5.45. The minimum Gasteiger partial charge on any atom is -0.346 e. The largest absolute Gasteiger partial charge is 0.346 e. The highest BCUT2D eigenvalue weighted by Gasteiger charge is 2.14. The number of rotatable bonds is 0. The van der Waals surface area contributed by atoms with Crippen molar-refractivity contribution in [3.8, 4) is 0 Å². The number of aryl methyl sites for hydroxylation is 4. The zero-order valence-electron chi connectivity index (χ0n) is 9.38. The average Bonchev–Trinajstić information content (AvgIpc) is 2.54. The van der Waals surface area contributed by atoms with Crippen LogP contribution < -0.4 is 0 Å². The van der Waals surface area contributed by atoms with Gasteiger partial charge in [-0.15, -0.1) is 0 Å². The lowest BCUT2D eigenvalue weighted by molar-refractivity contribution is 0.643. The maximum absolute atomic E-state index is 4.74. The van der Waals surface area contributed by atoms with Crippen LogP contribution in [-0.4, -0.2) is 9.55 Å². The Morgan fingerprint density at radius 2 is 2.13 bits per heavy atom. The maximum atomic E-state index is 4.74. The molecule has 0 aliphatic carbocycles. The standard InChI is InChI=1S/C13H16N2/c1-9-10(2)14-12-5-3-4-7-15-8-6-11(9)13(12)15/h6,8H,3-5,7H2,1-2H3. The molecule has 0 saturated heterocycles. The van der Waals surface area contributed by atoms with Crippen LogP contribution in [0, 0.1) is 13.8 Å². The van der Waals surface area contributed by atoms with Gasteiger partial charge < -0.3 is 4.57 Å². The van der Waals surface area contributed by atoms with E-state index in [1.54, 1.807) is 0 Å². The van der Waals surface area contributed by atoms with Crippen molar-refractivity contribution in [3.63, 3.8) is 0 Å². The normalized spacial score (nSPS) is 15.6. The molecule has 0 bridgehead atoms. The lowest BCUT2D eigenvalue weighted by Gasteiger charge is -2.07. The van der Waals surface area contributed by atoms with E-state index in [2.05, 4.69) is 30.7 Å². The molecule has 15 heavy (non-hydrogen) atoms. The third kappa shape index (κ3) is 1.21. The molecule has 0 spiro atoms. The molecule has 78 valence electrons. The second kappa shape index (κ2) is 3.09. The first kappa shape index (κ1) is 8.96. The summed E-state index contributed by atoms with van der Waals surface area (Å²) in [7, 11) is 0. The van der Waals surface area contributed by atoms with Crippen molar-refractivity contribution in [2.24, 2.45) is 0 Å². The molecule has 0 atom stereocenters. The van der Waals surface area contributed by atoms with Gasteiger partial charge in [-0.05, 0) is 44.7 Å². The van der Waals surface area contributed by atoms with E-state index in [-0.39, 0.29) is 0 Å². The van der Waals surface area contributed by atoms with E-state index >= 15 is 0 Å². The van der Waals surface area contributed by atoms with E-state index in [4.69, 9.17) is 4.98 Å². The van der Waals surface area contributed by atoms with Gasteiger partial charge in [-0.25, -0.2) is 0 Å². The van der Waals surface area contributed by atoms with E-state index in [0.717, 1.165) is 13.0 Å². The Morgan fingerprint density at radius 3 is 3.00 bits per heavy atom. The molecule has 1 aliphatic heterocycles. The zero-order valence-corrected chi connectivity index (χ0v) is 9.38. The van der Waals surface area contributed by atoms with E-state index in [1.807, 2.05) is 0 Å². The minimum atomic E-state index is 1.14. The van der Waals surface area contributed by atoms with Crippen LogP contribution in [0.25, 0.3) is 10.9 Å². The Hall–Kier alpha value is -1.31.